The lowest BCUT2D eigenvalue weighted by molar-refractivity contribution is -0.160. The van der Waals surface area contributed by atoms with Gasteiger partial charge in [-0.05, 0) is 37.0 Å². The second-order valence-corrected chi connectivity index (χ2v) is 21.6. The minimum absolute atomic E-state index is 0.0104. The Kier molecular flexibility index (Phi) is 33.8. The smallest absolute Gasteiger partial charge is 0.407 e. The molecule has 2 fully saturated rings. The van der Waals surface area contributed by atoms with Gasteiger partial charge in [-0.3, -0.25) is 29.5 Å². The van der Waals surface area contributed by atoms with Crippen LogP contribution in [0.5, 0.6) is 0 Å². The van der Waals surface area contributed by atoms with Crippen molar-refractivity contribution in [1.82, 2.24) is 20.9 Å². The molecular formula is C45H84N8O24S2. The van der Waals surface area contributed by atoms with Gasteiger partial charge in [0.15, 0.2) is 23.1 Å². The zero-order valence-electron chi connectivity index (χ0n) is 44.8. The Morgan fingerprint density at radius 2 is 1.05 bits per heavy atom. The van der Waals surface area contributed by atoms with Crippen LogP contribution in [-0.2, 0) is 77.2 Å². The Morgan fingerprint density at radius 3 is 1.48 bits per heavy atom. The average Bonchev–Trinajstić information content (AvgIpc) is 3.37. The number of hydrogen-bond donors (Lipinski definition) is 13. The number of rotatable bonds is 41. The van der Waals surface area contributed by atoms with Gasteiger partial charge in [-0.1, -0.05) is 13.8 Å². The molecule has 0 aromatic rings. The molecule has 0 aromatic heterocycles. The van der Waals surface area contributed by atoms with E-state index >= 15 is 0 Å². The fourth-order valence-corrected chi connectivity index (χ4v) is 9.96. The van der Waals surface area contributed by atoms with Gasteiger partial charge >= 0.3 is 12.2 Å². The molecule has 2 aliphatic heterocycles. The molecule has 4 amide bonds. The molecule has 0 spiro atoms. The van der Waals surface area contributed by atoms with Crippen molar-refractivity contribution in [2.75, 3.05) is 119 Å². The number of alkyl carbamates (subject to hydrolysis) is 2. The van der Waals surface area contributed by atoms with Crippen molar-refractivity contribution in [2.45, 2.75) is 113 Å². The molecule has 79 heavy (non-hydrogen) atoms. The second kappa shape index (κ2) is 37.7. The van der Waals surface area contributed by atoms with E-state index in [1.165, 1.54) is 4.90 Å². The highest BCUT2D eigenvalue weighted by Crippen LogP contribution is 2.38. The molecular weight excluding hydrogens is 1100 g/mol. The predicted molar refractivity (Wildman–Crippen MR) is 276 cm³/mol. The van der Waals surface area contributed by atoms with Gasteiger partial charge in [0.2, 0.25) is 11.8 Å². The number of carbonyl (C=O) groups excluding carboxylic acids is 4. The number of nitrogens with zero attached hydrogens (tertiary/aromatic N) is 1. The molecule has 34 heteroatoms. The van der Waals surface area contributed by atoms with Gasteiger partial charge in [0.1, 0.15) is 24.4 Å². The Hall–Kier alpha value is -4.24. The molecule has 15 N–H and O–H groups in total. The van der Waals surface area contributed by atoms with Crippen LogP contribution in [-0.4, -0.2) is 259 Å². The number of carbonyl (C=O) groups is 4. The van der Waals surface area contributed by atoms with Gasteiger partial charge in [0.25, 0.3) is 20.2 Å². The molecule has 12 atom stereocenters. The lowest BCUT2D eigenvalue weighted by Crippen LogP contribution is -2.63. The number of nitrogens with two attached hydrogens (primary N) is 2. The monoisotopic (exact) mass is 1180 g/mol. The minimum Gasteiger partial charge on any atom is -0.441 e. The molecule has 2 heterocycles. The number of amides is 4. The Morgan fingerprint density at radius 1 is 0.646 bits per heavy atom. The van der Waals surface area contributed by atoms with E-state index in [2.05, 4.69) is 16.0 Å². The van der Waals surface area contributed by atoms with Crippen molar-refractivity contribution >= 4 is 55.9 Å². The summed E-state index contributed by atoms with van der Waals surface area (Å²) in [5.74, 6) is -3.99. The zero-order chi connectivity index (χ0) is 59.1. The third kappa shape index (κ3) is 27.9. The van der Waals surface area contributed by atoms with Crippen LogP contribution in [0.25, 0.3) is 0 Å². The van der Waals surface area contributed by atoms with Crippen LogP contribution in [0.15, 0.2) is 0 Å². The van der Waals surface area contributed by atoms with Gasteiger partial charge in [-0.25, -0.2) is 9.59 Å². The molecule has 0 radical (unpaired) electrons. The number of ether oxygens (including phenoxy) is 10. The molecule has 0 bridgehead atoms. The summed E-state index contributed by atoms with van der Waals surface area (Å²) in [7, 11) is -9.72. The Balaban J connectivity index is 2.01. The summed E-state index contributed by atoms with van der Waals surface area (Å²) >= 11 is 0. The summed E-state index contributed by atoms with van der Waals surface area (Å²) in [5, 5.41) is 63.7. The second-order valence-electron chi connectivity index (χ2n) is 18.5. The normalized spacial score (nSPS) is 23.1. The Bertz CT molecular complexity index is 2070. The van der Waals surface area contributed by atoms with Crippen molar-refractivity contribution in [3.63, 3.8) is 0 Å². The fourth-order valence-electron chi connectivity index (χ4n) is 8.44. The van der Waals surface area contributed by atoms with Crippen LogP contribution < -0.4 is 27.4 Å². The van der Waals surface area contributed by atoms with Crippen LogP contribution in [0.2, 0.25) is 0 Å². The number of hydrogen-bond acceptors (Lipinski definition) is 24. The van der Waals surface area contributed by atoms with E-state index in [1.807, 2.05) is 6.92 Å². The first kappa shape index (κ1) is 70.9. The van der Waals surface area contributed by atoms with E-state index in [0.29, 0.717) is 33.0 Å². The molecule has 32 nitrogen and oxygen atoms in total. The molecule has 2 aliphatic rings. The third-order valence-corrected chi connectivity index (χ3v) is 14.3. The summed E-state index contributed by atoms with van der Waals surface area (Å²) in [4.78, 5) is 52.9. The van der Waals surface area contributed by atoms with Gasteiger partial charge < -0.3 is 100 Å². The van der Waals surface area contributed by atoms with Crippen molar-refractivity contribution in [3.8, 4) is 0 Å². The molecule has 0 aliphatic carbocycles. The predicted octanol–water partition coefficient (Wildman–Crippen LogP) is -3.36. The van der Waals surface area contributed by atoms with E-state index in [1.54, 1.807) is 6.92 Å². The topological polar surface area (TPSA) is 489 Å². The van der Waals surface area contributed by atoms with Crippen LogP contribution in [0, 0.1) is 28.6 Å². The third-order valence-electron chi connectivity index (χ3n) is 12.3. The van der Waals surface area contributed by atoms with Crippen LogP contribution >= 0.6 is 0 Å². The van der Waals surface area contributed by atoms with E-state index < -0.39 is 135 Å². The van der Waals surface area contributed by atoms with E-state index in [0.717, 1.165) is 13.3 Å². The maximum Gasteiger partial charge on any atom is 0.407 e. The van der Waals surface area contributed by atoms with Gasteiger partial charge in [-0.2, -0.15) is 16.8 Å². The highest BCUT2D eigenvalue weighted by atomic mass is 32.2. The van der Waals surface area contributed by atoms with Crippen LogP contribution in [0.3, 0.4) is 0 Å². The maximum atomic E-state index is 13.4. The SMILES string of the molecule is CCCOCCOCCOCCOCCC(=O)N(CCOCCNC(=O)O[C@@H]([C@@H]1O[C@H](S(=O)(=O)O)C[C@H](CC(=N)N)[C@H]1C)[C@H](O)CO)CCOCCNC(=O)O[C@@H]([C@@H]1O[C@@H](S(=O)(=O)O)C[C@H](CC(=N)N)[C@H]1NC(C)=O)[C@H](O)CO. The van der Waals surface area contributed by atoms with Crippen molar-refractivity contribution < 1.29 is 113 Å². The molecule has 460 valence electrons. The van der Waals surface area contributed by atoms with E-state index in [4.69, 9.17) is 69.7 Å². The summed E-state index contributed by atoms with van der Waals surface area (Å²) in [5.41, 5.74) is 7.41. The highest BCUT2D eigenvalue weighted by molar-refractivity contribution is 7.86. The number of amidine groups is 2. The minimum atomic E-state index is -4.92. The molecule has 2 rings (SSSR count). The lowest BCUT2D eigenvalue weighted by Gasteiger charge is -2.44. The van der Waals surface area contributed by atoms with E-state index in [9.17, 15) is 65.5 Å². The van der Waals surface area contributed by atoms with Gasteiger partial charge in [0, 0.05) is 52.6 Å². The summed E-state index contributed by atoms with van der Waals surface area (Å²) in [6, 6.07) is -1.22. The number of nitrogens with one attached hydrogen (secondary N) is 5. The standard InChI is InChI=1S/C45H84N8O24S2/c1-4-10-68-16-18-72-20-21-73-19-17-69-11-5-36(59)53(8-14-70-12-6-50-44(60)76-41(32(57)26-54)40-28(2)30(22-34(46)47)24-37(74-40)78(62,63)64)9-15-71-13-7-51-45(61)77-42(33(58)27-55)43-39(52-29(3)56)31(23-35(48)49)25-38(75-43)79(65,66)67/h28,30-33,37-43,54-55,57-58H,4-27H2,1-3H3,(H3,46,47)(H3,48,49)(H,50,60)(H,51,61)(H,52,56)(H,62,63,64)(H,65,66,67)/t28-,30+,31+,32-,33-,37-,38+,39-,40-,41-,42-,43-/m1/s1. The lowest BCUT2D eigenvalue weighted by atomic mass is 9.79. The van der Waals surface area contributed by atoms with Gasteiger partial charge in [-0.15, -0.1) is 0 Å². The first-order valence-electron chi connectivity index (χ1n) is 25.7. The Labute approximate surface area is 459 Å². The molecule has 0 saturated carbocycles. The van der Waals surface area contributed by atoms with Crippen molar-refractivity contribution in [2.24, 2.45) is 29.2 Å². The van der Waals surface area contributed by atoms with Crippen LogP contribution in [0.4, 0.5) is 9.59 Å². The van der Waals surface area contributed by atoms with Gasteiger partial charge in [0.05, 0.1) is 110 Å². The van der Waals surface area contributed by atoms with Crippen molar-refractivity contribution in [3.05, 3.63) is 0 Å². The first-order valence-corrected chi connectivity index (χ1v) is 28.7. The van der Waals surface area contributed by atoms with Crippen molar-refractivity contribution in [1.29, 1.82) is 10.8 Å². The summed E-state index contributed by atoms with van der Waals surface area (Å²) < 4.78 is 123. The quantitative estimate of drug-likeness (QED) is 0.0123. The molecule has 0 aromatic carbocycles. The first-order chi connectivity index (χ1) is 37.3. The number of aliphatic hydroxyl groups excluding tert-OH is 4. The molecule has 2 saturated heterocycles. The zero-order valence-corrected chi connectivity index (χ0v) is 46.5. The number of aliphatic hydroxyl groups is 4. The van der Waals surface area contributed by atoms with Crippen LogP contribution in [0.1, 0.15) is 59.3 Å². The largest absolute Gasteiger partial charge is 0.441 e. The summed E-state index contributed by atoms with van der Waals surface area (Å²) in [6.07, 6.45) is -12.7. The fraction of sp³-hybridized carbons (Fsp3) is 0.867. The summed E-state index contributed by atoms with van der Waals surface area (Å²) in [6.45, 7) is 4.75. The average molecular weight is 1190 g/mol. The van der Waals surface area contributed by atoms with E-state index in [-0.39, 0.29) is 110 Å². The molecule has 0 unspecified atom stereocenters. The highest BCUT2D eigenvalue weighted by Gasteiger charge is 2.50. The maximum absolute atomic E-state index is 13.4.